The number of rotatable bonds is 4. The van der Waals surface area contributed by atoms with Crippen LogP contribution >= 0.6 is 35.0 Å². The zero-order valence-electron chi connectivity index (χ0n) is 13.4. The maximum Gasteiger partial charge on any atom is 0.226 e. The number of imidazole rings is 1. The van der Waals surface area contributed by atoms with Crippen molar-refractivity contribution in [2.24, 2.45) is 0 Å². The summed E-state index contributed by atoms with van der Waals surface area (Å²) in [6, 6.07) is 7.50. The van der Waals surface area contributed by atoms with Gasteiger partial charge in [0.1, 0.15) is 11.5 Å². The van der Waals surface area contributed by atoms with Crippen molar-refractivity contribution in [1.29, 1.82) is 0 Å². The minimum absolute atomic E-state index is 0.0749. The molecule has 10 heteroatoms. The Morgan fingerprint density at radius 1 is 1.27 bits per heavy atom. The average molecular weight is 412 g/mol. The molecule has 1 aromatic carbocycles. The SMILES string of the molecule is OC1CS[C@@H](n2cnc3c(NCc4cccc(Cl)c4)nc(Cl)nc32)[C@H]1O. The Labute approximate surface area is 163 Å². The number of aromatic nitrogens is 4. The molecule has 0 amide bonds. The van der Waals surface area contributed by atoms with Gasteiger partial charge in [-0.25, -0.2) is 4.98 Å². The lowest BCUT2D eigenvalue weighted by molar-refractivity contribution is 0.0313. The van der Waals surface area contributed by atoms with Crippen molar-refractivity contribution >= 4 is 51.9 Å². The largest absolute Gasteiger partial charge is 0.389 e. The number of thioether (sulfide) groups is 1. The number of nitrogens with zero attached hydrogens (tertiary/aromatic N) is 4. The summed E-state index contributed by atoms with van der Waals surface area (Å²) in [6.07, 6.45) is -0.0895. The van der Waals surface area contributed by atoms with Gasteiger partial charge >= 0.3 is 0 Å². The van der Waals surface area contributed by atoms with Gasteiger partial charge in [0.15, 0.2) is 17.0 Å². The van der Waals surface area contributed by atoms with Crippen LogP contribution in [-0.4, -0.2) is 47.7 Å². The highest BCUT2D eigenvalue weighted by Crippen LogP contribution is 2.38. The number of hydrogen-bond donors (Lipinski definition) is 3. The van der Waals surface area contributed by atoms with Crippen molar-refractivity contribution in [3.8, 4) is 0 Å². The molecule has 4 rings (SSSR count). The average Bonchev–Trinajstić information content (AvgIpc) is 3.17. The zero-order valence-corrected chi connectivity index (χ0v) is 15.7. The van der Waals surface area contributed by atoms with E-state index in [2.05, 4.69) is 20.3 Å². The van der Waals surface area contributed by atoms with E-state index in [0.717, 1.165) is 5.56 Å². The topological polar surface area (TPSA) is 96.1 Å². The van der Waals surface area contributed by atoms with Gasteiger partial charge < -0.3 is 15.5 Å². The summed E-state index contributed by atoms with van der Waals surface area (Å²) < 4.78 is 1.72. The zero-order chi connectivity index (χ0) is 18.3. The van der Waals surface area contributed by atoms with Crippen LogP contribution in [0.5, 0.6) is 0 Å². The first-order valence-electron chi connectivity index (χ1n) is 7.89. The van der Waals surface area contributed by atoms with Crippen LogP contribution in [0.3, 0.4) is 0 Å². The Bertz CT molecular complexity index is 954. The number of benzene rings is 1. The molecule has 3 aromatic rings. The predicted molar refractivity (Wildman–Crippen MR) is 103 cm³/mol. The molecule has 136 valence electrons. The van der Waals surface area contributed by atoms with Gasteiger partial charge in [0.2, 0.25) is 5.28 Å². The number of fused-ring (bicyclic) bond motifs is 1. The minimum Gasteiger partial charge on any atom is -0.389 e. The minimum atomic E-state index is -0.894. The van der Waals surface area contributed by atoms with E-state index in [1.807, 2.05) is 24.3 Å². The number of hydrogen-bond acceptors (Lipinski definition) is 7. The van der Waals surface area contributed by atoms with Crippen molar-refractivity contribution in [2.75, 3.05) is 11.1 Å². The van der Waals surface area contributed by atoms with Crippen LogP contribution in [-0.2, 0) is 6.54 Å². The molecule has 0 spiro atoms. The van der Waals surface area contributed by atoms with Crippen LogP contribution in [0.2, 0.25) is 10.3 Å². The fourth-order valence-electron chi connectivity index (χ4n) is 2.86. The quantitative estimate of drug-likeness (QED) is 0.567. The molecule has 26 heavy (non-hydrogen) atoms. The molecule has 1 fully saturated rings. The number of anilines is 1. The van der Waals surface area contributed by atoms with Crippen LogP contribution < -0.4 is 5.32 Å². The van der Waals surface area contributed by atoms with E-state index < -0.39 is 12.2 Å². The van der Waals surface area contributed by atoms with Crippen molar-refractivity contribution in [2.45, 2.75) is 24.1 Å². The van der Waals surface area contributed by atoms with Crippen molar-refractivity contribution in [3.63, 3.8) is 0 Å². The maximum absolute atomic E-state index is 10.2. The van der Waals surface area contributed by atoms with Gasteiger partial charge in [-0.1, -0.05) is 23.7 Å². The lowest BCUT2D eigenvalue weighted by Gasteiger charge is -2.17. The van der Waals surface area contributed by atoms with Gasteiger partial charge in [-0.15, -0.1) is 11.8 Å². The fourth-order valence-corrected chi connectivity index (χ4v) is 4.52. The lowest BCUT2D eigenvalue weighted by Crippen LogP contribution is -2.27. The number of aliphatic hydroxyl groups is 2. The van der Waals surface area contributed by atoms with E-state index in [9.17, 15) is 10.2 Å². The summed E-state index contributed by atoms with van der Waals surface area (Å²) in [6.45, 7) is 0.495. The van der Waals surface area contributed by atoms with Gasteiger partial charge in [0, 0.05) is 17.3 Å². The highest BCUT2D eigenvalue weighted by Gasteiger charge is 2.36. The Hall–Kier alpha value is -1.58. The lowest BCUT2D eigenvalue weighted by atomic mass is 10.2. The van der Waals surface area contributed by atoms with Crippen LogP contribution in [0.25, 0.3) is 11.2 Å². The molecule has 0 radical (unpaired) electrons. The second-order valence-electron chi connectivity index (χ2n) is 5.93. The Balaban J connectivity index is 1.66. The molecule has 3 N–H and O–H groups in total. The molecule has 1 aliphatic heterocycles. The molecule has 1 unspecified atom stereocenters. The third kappa shape index (κ3) is 3.35. The second-order valence-corrected chi connectivity index (χ2v) is 7.85. The third-order valence-corrected chi connectivity index (χ3v) is 5.93. The van der Waals surface area contributed by atoms with E-state index >= 15 is 0 Å². The molecule has 3 heterocycles. The van der Waals surface area contributed by atoms with E-state index in [-0.39, 0.29) is 10.7 Å². The molecule has 3 atom stereocenters. The summed E-state index contributed by atoms with van der Waals surface area (Å²) in [4.78, 5) is 12.9. The number of halogens is 2. The monoisotopic (exact) mass is 411 g/mol. The molecular weight excluding hydrogens is 397 g/mol. The molecular formula is C16H15Cl2N5O2S. The molecule has 0 aliphatic carbocycles. The van der Waals surface area contributed by atoms with Crippen molar-refractivity contribution in [1.82, 2.24) is 19.5 Å². The first-order valence-corrected chi connectivity index (χ1v) is 9.69. The van der Waals surface area contributed by atoms with Crippen LogP contribution in [0.15, 0.2) is 30.6 Å². The van der Waals surface area contributed by atoms with Crippen molar-refractivity contribution in [3.05, 3.63) is 46.5 Å². The van der Waals surface area contributed by atoms with Crippen LogP contribution in [0, 0.1) is 0 Å². The third-order valence-electron chi connectivity index (χ3n) is 4.14. The first-order chi connectivity index (χ1) is 12.5. The summed E-state index contributed by atoms with van der Waals surface area (Å²) in [5.41, 5.74) is 2.04. The normalized spacial score (nSPS) is 22.8. The molecule has 0 saturated carbocycles. The number of nitrogens with one attached hydrogen (secondary N) is 1. The highest BCUT2D eigenvalue weighted by molar-refractivity contribution is 7.99. The second kappa shape index (κ2) is 7.21. The molecule has 7 nitrogen and oxygen atoms in total. The molecule has 1 aliphatic rings. The molecule has 2 aromatic heterocycles. The smallest absolute Gasteiger partial charge is 0.226 e. The predicted octanol–water partition coefficient (Wildman–Crippen LogP) is 2.71. The fraction of sp³-hybridized carbons (Fsp3) is 0.312. The highest BCUT2D eigenvalue weighted by atomic mass is 35.5. The van der Waals surface area contributed by atoms with Crippen LogP contribution in [0.1, 0.15) is 10.9 Å². The van der Waals surface area contributed by atoms with Gasteiger partial charge in [-0.2, -0.15) is 9.97 Å². The Morgan fingerprint density at radius 3 is 2.85 bits per heavy atom. The first kappa shape index (κ1) is 17.8. The molecule has 1 saturated heterocycles. The van der Waals surface area contributed by atoms with Gasteiger partial charge in [0.25, 0.3) is 0 Å². The summed E-state index contributed by atoms with van der Waals surface area (Å²) in [5.74, 6) is 0.946. The summed E-state index contributed by atoms with van der Waals surface area (Å²) in [5, 5.41) is 23.5. The van der Waals surface area contributed by atoms with E-state index in [1.54, 1.807) is 10.9 Å². The van der Waals surface area contributed by atoms with E-state index in [0.29, 0.717) is 34.3 Å². The Kier molecular flexibility index (Phi) is 4.94. The molecule has 0 bridgehead atoms. The summed E-state index contributed by atoms with van der Waals surface area (Å²) >= 11 is 13.5. The van der Waals surface area contributed by atoms with E-state index in [4.69, 9.17) is 23.2 Å². The Morgan fingerprint density at radius 2 is 2.12 bits per heavy atom. The van der Waals surface area contributed by atoms with E-state index in [1.165, 1.54) is 11.8 Å². The maximum atomic E-state index is 10.2. The number of aliphatic hydroxyl groups excluding tert-OH is 2. The van der Waals surface area contributed by atoms with Crippen molar-refractivity contribution < 1.29 is 10.2 Å². The van der Waals surface area contributed by atoms with Crippen LogP contribution in [0.4, 0.5) is 5.82 Å². The summed E-state index contributed by atoms with van der Waals surface area (Å²) in [7, 11) is 0. The van der Waals surface area contributed by atoms with Gasteiger partial charge in [-0.05, 0) is 29.3 Å². The van der Waals surface area contributed by atoms with Gasteiger partial charge in [-0.3, -0.25) is 4.57 Å². The standard InChI is InChI=1S/C16H15Cl2N5O2S/c17-9-3-1-2-8(4-9)5-19-13-11-14(22-16(18)21-13)23(7-20-11)15-12(25)10(24)6-26-15/h1-4,7,10,12,15,24-25H,5-6H2,(H,19,21,22)/t10?,12-,15+/m0/s1. The van der Waals surface area contributed by atoms with Gasteiger partial charge in [0.05, 0.1) is 12.4 Å².